The molecule has 1 N–H and O–H groups in total. The van der Waals surface area contributed by atoms with Crippen LogP contribution in [0.15, 0.2) is 30.3 Å². The monoisotopic (exact) mass is 258 g/mol. The second-order valence-corrected chi connectivity index (χ2v) is 5.36. The van der Waals surface area contributed by atoms with Crippen molar-refractivity contribution in [3.63, 3.8) is 0 Å². The van der Waals surface area contributed by atoms with Gasteiger partial charge in [0, 0.05) is 0 Å². The Kier molecular flexibility index (Phi) is 4.78. The van der Waals surface area contributed by atoms with E-state index in [0.717, 1.165) is 12.0 Å². The Morgan fingerprint density at radius 3 is 2.47 bits per heavy atom. The molecule has 0 bridgehead atoms. The summed E-state index contributed by atoms with van der Waals surface area (Å²) in [4.78, 5) is 11.0. The normalized spacial score (nSPS) is 20.8. The van der Waals surface area contributed by atoms with Gasteiger partial charge in [-0.3, -0.25) is 4.79 Å². The van der Waals surface area contributed by atoms with Gasteiger partial charge in [0.15, 0.2) is 0 Å². The van der Waals surface area contributed by atoms with E-state index in [4.69, 9.17) is 5.11 Å². The molecule has 0 heterocycles. The third kappa shape index (κ3) is 3.69. The van der Waals surface area contributed by atoms with Gasteiger partial charge in [0.2, 0.25) is 0 Å². The van der Waals surface area contributed by atoms with Crippen molar-refractivity contribution in [3.8, 4) is 0 Å². The zero-order valence-corrected chi connectivity index (χ0v) is 11.6. The van der Waals surface area contributed by atoms with E-state index < -0.39 is 11.9 Å². The van der Waals surface area contributed by atoms with Crippen LogP contribution in [0.2, 0.25) is 0 Å². The first-order valence-electron chi connectivity index (χ1n) is 7.20. The van der Waals surface area contributed by atoms with E-state index in [1.807, 2.05) is 12.1 Å². The first kappa shape index (κ1) is 13.9. The molecule has 0 radical (unpaired) electrons. The van der Waals surface area contributed by atoms with Gasteiger partial charge in [-0.1, -0.05) is 43.2 Å². The molecule has 1 aliphatic rings. The zero-order valence-electron chi connectivity index (χ0n) is 11.6. The number of rotatable bonds is 3. The highest BCUT2D eigenvalue weighted by molar-refractivity contribution is 5.76. The maximum absolute atomic E-state index is 11.0. The molecule has 1 atom stereocenters. The number of carbonyl (C=O) groups is 1. The average molecular weight is 258 g/mol. The molecule has 0 saturated heterocycles. The number of allylic oxidation sites excluding steroid dienone is 2. The smallest absolute Gasteiger partial charge is 0.310 e. The predicted molar refractivity (Wildman–Crippen MR) is 78.2 cm³/mol. The van der Waals surface area contributed by atoms with E-state index in [2.05, 4.69) is 18.2 Å². The minimum absolute atomic E-state index is 0.430. The van der Waals surface area contributed by atoms with Gasteiger partial charge in [-0.2, -0.15) is 0 Å². The van der Waals surface area contributed by atoms with Crippen LogP contribution in [-0.4, -0.2) is 11.1 Å². The number of hydrogen-bond donors (Lipinski definition) is 1. The molecule has 0 spiro atoms. The Morgan fingerprint density at radius 2 is 1.79 bits per heavy atom. The second kappa shape index (κ2) is 6.55. The van der Waals surface area contributed by atoms with Crippen LogP contribution in [-0.2, 0) is 4.79 Å². The highest BCUT2D eigenvalue weighted by Crippen LogP contribution is 2.26. The van der Waals surface area contributed by atoms with E-state index in [1.165, 1.54) is 43.2 Å². The summed E-state index contributed by atoms with van der Waals surface area (Å²) in [5.74, 6) is -1.20. The summed E-state index contributed by atoms with van der Waals surface area (Å²) in [6.07, 6.45) is 9.90. The van der Waals surface area contributed by atoms with Crippen molar-refractivity contribution < 1.29 is 9.90 Å². The maximum Gasteiger partial charge on any atom is 0.310 e. The van der Waals surface area contributed by atoms with Gasteiger partial charge in [0.25, 0.3) is 0 Å². The molecule has 2 nitrogen and oxygen atoms in total. The maximum atomic E-state index is 11.0. The van der Waals surface area contributed by atoms with Crippen molar-refractivity contribution in [2.75, 3.05) is 0 Å². The van der Waals surface area contributed by atoms with Crippen molar-refractivity contribution >= 4 is 11.5 Å². The number of hydrogen-bond acceptors (Lipinski definition) is 1. The Balaban J connectivity index is 2.15. The second-order valence-electron chi connectivity index (χ2n) is 5.36. The summed E-state index contributed by atoms with van der Waals surface area (Å²) in [5.41, 5.74) is 3.56. The summed E-state index contributed by atoms with van der Waals surface area (Å²) in [7, 11) is 0. The molecule has 1 aromatic carbocycles. The standard InChI is InChI=1S/C17H22O2/c1-13(17(18)19)14-9-11-16(12-10-14)15-7-5-3-2-4-6-8-15/h7,9-13H,2-6,8H2,1H3,(H,18,19)/b15-7+. The Bertz CT molecular complexity index is 457. The molecule has 102 valence electrons. The topological polar surface area (TPSA) is 37.3 Å². The van der Waals surface area contributed by atoms with Crippen LogP contribution < -0.4 is 0 Å². The molecule has 1 aliphatic carbocycles. The van der Waals surface area contributed by atoms with E-state index in [0.29, 0.717) is 0 Å². The van der Waals surface area contributed by atoms with Crippen LogP contribution in [0.4, 0.5) is 0 Å². The number of carboxylic acids is 1. The summed E-state index contributed by atoms with van der Waals surface area (Å²) in [6, 6.07) is 8.05. The number of benzene rings is 1. The highest BCUT2D eigenvalue weighted by Gasteiger charge is 2.13. The Hall–Kier alpha value is -1.57. The van der Waals surface area contributed by atoms with Gasteiger partial charge >= 0.3 is 5.97 Å². The van der Waals surface area contributed by atoms with Gasteiger partial charge in [-0.25, -0.2) is 0 Å². The zero-order chi connectivity index (χ0) is 13.7. The molecule has 0 aliphatic heterocycles. The Labute approximate surface area is 115 Å². The molecule has 0 fully saturated rings. The lowest BCUT2D eigenvalue weighted by Gasteiger charge is -2.13. The van der Waals surface area contributed by atoms with E-state index in [-0.39, 0.29) is 0 Å². The largest absolute Gasteiger partial charge is 0.481 e. The molecule has 0 aromatic heterocycles. The summed E-state index contributed by atoms with van der Waals surface area (Å²) < 4.78 is 0. The third-order valence-corrected chi connectivity index (χ3v) is 3.94. The predicted octanol–water partition coefficient (Wildman–Crippen LogP) is 4.61. The third-order valence-electron chi connectivity index (χ3n) is 3.94. The van der Waals surface area contributed by atoms with Crippen molar-refractivity contribution in [1.29, 1.82) is 0 Å². The van der Waals surface area contributed by atoms with E-state index >= 15 is 0 Å². The summed E-state index contributed by atoms with van der Waals surface area (Å²) in [5, 5.41) is 9.01. The fraction of sp³-hybridized carbons (Fsp3) is 0.471. The first-order chi connectivity index (χ1) is 9.18. The average Bonchev–Trinajstić information content (AvgIpc) is 2.38. The van der Waals surface area contributed by atoms with Crippen molar-refractivity contribution in [3.05, 3.63) is 41.5 Å². The van der Waals surface area contributed by atoms with Crippen LogP contribution in [0.3, 0.4) is 0 Å². The number of carboxylic acid groups (broad SMARTS) is 1. The molecule has 19 heavy (non-hydrogen) atoms. The minimum atomic E-state index is -0.766. The summed E-state index contributed by atoms with van der Waals surface area (Å²) >= 11 is 0. The fourth-order valence-electron chi connectivity index (χ4n) is 2.58. The van der Waals surface area contributed by atoms with Gasteiger partial charge < -0.3 is 5.11 Å². The number of aliphatic carboxylic acids is 1. The van der Waals surface area contributed by atoms with Crippen LogP contribution in [0.1, 0.15) is 62.5 Å². The fourth-order valence-corrected chi connectivity index (χ4v) is 2.58. The van der Waals surface area contributed by atoms with Crippen LogP contribution in [0, 0.1) is 0 Å². The quantitative estimate of drug-likeness (QED) is 0.859. The van der Waals surface area contributed by atoms with Gasteiger partial charge in [-0.05, 0) is 49.3 Å². The minimum Gasteiger partial charge on any atom is -0.481 e. The molecule has 0 saturated carbocycles. The van der Waals surface area contributed by atoms with E-state index in [1.54, 1.807) is 6.92 Å². The van der Waals surface area contributed by atoms with E-state index in [9.17, 15) is 4.79 Å². The lowest BCUT2D eigenvalue weighted by molar-refractivity contribution is -0.138. The lowest BCUT2D eigenvalue weighted by Crippen LogP contribution is -2.07. The molecule has 2 heteroatoms. The molecule has 0 amide bonds. The molecule has 1 aromatic rings. The molecular weight excluding hydrogens is 236 g/mol. The van der Waals surface area contributed by atoms with Crippen LogP contribution in [0.25, 0.3) is 5.57 Å². The van der Waals surface area contributed by atoms with Crippen LogP contribution in [0.5, 0.6) is 0 Å². The highest BCUT2D eigenvalue weighted by atomic mass is 16.4. The SMILES string of the molecule is CC(C(=O)O)c1ccc(/C2=C/CCCCCC2)cc1. The summed E-state index contributed by atoms with van der Waals surface area (Å²) in [6.45, 7) is 1.73. The Morgan fingerprint density at radius 1 is 1.11 bits per heavy atom. The molecule has 1 unspecified atom stereocenters. The van der Waals surface area contributed by atoms with Crippen molar-refractivity contribution in [2.45, 2.75) is 51.4 Å². The first-order valence-corrected chi connectivity index (χ1v) is 7.20. The van der Waals surface area contributed by atoms with Crippen molar-refractivity contribution in [2.24, 2.45) is 0 Å². The van der Waals surface area contributed by atoms with Gasteiger partial charge in [0.1, 0.15) is 0 Å². The van der Waals surface area contributed by atoms with Crippen molar-refractivity contribution in [1.82, 2.24) is 0 Å². The molecule has 2 rings (SSSR count). The van der Waals surface area contributed by atoms with Gasteiger partial charge in [0.05, 0.1) is 5.92 Å². The van der Waals surface area contributed by atoms with Crippen LogP contribution >= 0.6 is 0 Å². The lowest BCUT2D eigenvalue weighted by atomic mass is 9.92. The molecular formula is C17H22O2. The van der Waals surface area contributed by atoms with Gasteiger partial charge in [-0.15, -0.1) is 0 Å².